The average molecular weight is 393 g/mol. The van der Waals surface area contributed by atoms with E-state index in [1.165, 1.54) is 0 Å². The first-order valence-corrected chi connectivity index (χ1v) is 10.6. The number of hydrogen-bond acceptors (Lipinski definition) is 4. The lowest BCUT2D eigenvalue weighted by Crippen LogP contribution is -2.50. The summed E-state index contributed by atoms with van der Waals surface area (Å²) >= 11 is 0. The van der Waals surface area contributed by atoms with Crippen LogP contribution >= 0.6 is 0 Å². The Hall–Kier alpha value is -2.33. The summed E-state index contributed by atoms with van der Waals surface area (Å²) in [5, 5.41) is 5.34. The van der Waals surface area contributed by atoms with Gasteiger partial charge < -0.3 is 15.4 Å². The molecule has 1 aromatic carbocycles. The standard InChI is InChI=1S/C20H28N2O4S/c1-5-17(11-12-27(4)25)21-19(23)18(13-15(2)3)22-20(24)26-14-16-9-7-6-8-10-16/h1,6-10,15,17-18H,11-14H2,2-4H3,(H,21,23)(H,22,24)/t17-,18+,27?/m1/s1. The number of benzene rings is 1. The van der Waals surface area contributed by atoms with Crippen molar-refractivity contribution in [3.8, 4) is 12.3 Å². The maximum atomic E-state index is 12.5. The number of ether oxygens (including phenoxy) is 1. The molecule has 27 heavy (non-hydrogen) atoms. The van der Waals surface area contributed by atoms with Crippen LogP contribution in [-0.4, -0.2) is 40.3 Å². The average Bonchev–Trinajstić information content (AvgIpc) is 2.63. The van der Waals surface area contributed by atoms with E-state index in [0.717, 1.165) is 5.56 Å². The number of amides is 2. The van der Waals surface area contributed by atoms with E-state index in [1.807, 2.05) is 44.2 Å². The van der Waals surface area contributed by atoms with E-state index < -0.39 is 29.0 Å². The molecule has 6 nitrogen and oxygen atoms in total. The van der Waals surface area contributed by atoms with Crippen molar-refractivity contribution in [3.63, 3.8) is 0 Å². The largest absolute Gasteiger partial charge is 0.445 e. The van der Waals surface area contributed by atoms with Crippen LogP contribution in [0.2, 0.25) is 0 Å². The van der Waals surface area contributed by atoms with Crippen LogP contribution in [0.3, 0.4) is 0 Å². The number of carbonyl (C=O) groups is 2. The molecule has 1 rings (SSSR count). The molecule has 3 atom stereocenters. The van der Waals surface area contributed by atoms with Gasteiger partial charge in [-0.05, 0) is 24.3 Å². The highest BCUT2D eigenvalue weighted by Crippen LogP contribution is 2.07. The Morgan fingerprint density at radius 2 is 1.89 bits per heavy atom. The minimum Gasteiger partial charge on any atom is -0.445 e. The van der Waals surface area contributed by atoms with Gasteiger partial charge in [0, 0.05) is 22.8 Å². The fraction of sp³-hybridized carbons (Fsp3) is 0.500. The Labute approximate surface area is 163 Å². The molecule has 0 aliphatic carbocycles. The van der Waals surface area contributed by atoms with E-state index >= 15 is 0 Å². The molecule has 1 aromatic rings. The fourth-order valence-corrected chi connectivity index (χ4v) is 2.93. The molecule has 0 radical (unpaired) electrons. The lowest BCUT2D eigenvalue weighted by atomic mass is 10.0. The highest BCUT2D eigenvalue weighted by Gasteiger charge is 2.24. The van der Waals surface area contributed by atoms with Gasteiger partial charge in [0.2, 0.25) is 5.91 Å². The molecular weight excluding hydrogens is 364 g/mol. The maximum Gasteiger partial charge on any atom is 0.408 e. The van der Waals surface area contributed by atoms with Crippen LogP contribution in [0.1, 0.15) is 32.3 Å². The zero-order valence-electron chi connectivity index (χ0n) is 16.1. The highest BCUT2D eigenvalue weighted by molar-refractivity contribution is 7.84. The summed E-state index contributed by atoms with van der Waals surface area (Å²) in [7, 11) is -0.989. The maximum absolute atomic E-state index is 12.5. The predicted octanol–water partition coefficient (Wildman–Crippen LogP) is 2.21. The van der Waals surface area contributed by atoms with E-state index in [2.05, 4.69) is 16.6 Å². The first kappa shape index (κ1) is 22.7. The van der Waals surface area contributed by atoms with Gasteiger partial charge in [-0.3, -0.25) is 9.00 Å². The van der Waals surface area contributed by atoms with Crippen LogP contribution in [0.25, 0.3) is 0 Å². The minimum absolute atomic E-state index is 0.123. The topological polar surface area (TPSA) is 84.5 Å². The normalized spacial score (nSPS) is 13.9. The van der Waals surface area contributed by atoms with Crippen molar-refractivity contribution in [2.75, 3.05) is 12.0 Å². The molecule has 1 unspecified atom stereocenters. The fourth-order valence-electron chi connectivity index (χ4n) is 2.36. The molecule has 0 saturated carbocycles. The Kier molecular flexibility index (Phi) is 10.2. The van der Waals surface area contributed by atoms with Gasteiger partial charge in [-0.1, -0.05) is 50.1 Å². The smallest absolute Gasteiger partial charge is 0.408 e. The van der Waals surface area contributed by atoms with Crippen molar-refractivity contribution in [1.82, 2.24) is 10.6 Å². The van der Waals surface area contributed by atoms with Gasteiger partial charge in [0.25, 0.3) is 0 Å². The molecule has 7 heteroatoms. The molecule has 0 aliphatic heterocycles. The number of hydrogen-bond donors (Lipinski definition) is 2. The van der Waals surface area contributed by atoms with Crippen LogP contribution in [0.4, 0.5) is 4.79 Å². The van der Waals surface area contributed by atoms with Gasteiger partial charge in [0.15, 0.2) is 0 Å². The summed E-state index contributed by atoms with van der Waals surface area (Å²) in [5.74, 6) is 2.70. The third-order valence-electron chi connectivity index (χ3n) is 3.74. The number of nitrogens with one attached hydrogen (secondary N) is 2. The van der Waals surface area contributed by atoms with Gasteiger partial charge in [-0.2, -0.15) is 0 Å². The van der Waals surface area contributed by atoms with E-state index in [-0.39, 0.29) is 18.4 Å². The van der Waals surface area contributed by atoms with Crippen LogP contribution in [-0.2, 0) is 26.9 Å². The predicted molar refractivity (Wildman–Crippen MR) is 107 cm³/mol. The summed E-state index contributed by atoms with van der Waals surface area (Å²) in [5.41, 5.74) is 0.859. The lowest BCUT2D eigenvalue weighted by molar-refractivity contribution is -0.123. The van der Waals surface area contributed by atoms with Crippen molar-refractivity contribution < 1.29 is 18.5 Å². The molecule has 2 N–H and O–H groups in total. The second kappa shape index (κ2) is 12.1. The van der Waals surface area contributed by atoms with Crippen LogP contribution in [0.5, 0.6) is 0 Å². The molecule has 0 spiro atoms. The summed E-state index contributed by atoms with van der Waals surface area (Å²) in [6, 6.07) is 8.00. The molecular formula is C20H28N2O4S. The molecule has 2 amide bonds. The Morgan fingerprint density at radius 1 is 1.22 bits per heavy atom. The minimum atomic E-state index is -0.989. The van der Waals surface area contributed by atoms with Crippen molar-refractivity contribution in [2.45, 2.75) is 45.4 Å². The lowest BCUT2D eigenvalue weighted by Gasteiger charge is -2.22. The van der Waals surface area contributed by atoms with Crippen LogP contribution < -0.4 is 10.6 Å². The van der Waals surface area contributed by atoms with Crippen LogP contribution in [0.15, 0.2) is 30.3 Å². The zero-order valence-corrected chi connectivity index (χ0v) is 16.9. The molecule has 0 aromatic heterocycles. The van der Waals surface area contributed by atoms with Gasteiger partial charge in [-0.25, -0.2) is 4.79 Å². The van der Waals surface area contributed by atoms with Crippen molar-refractivity contribution in [3.05, 3.63) is 35.9 Å². The first-order valence-electron chi connectivity index (χ1n) is 8.85. The van der Waals surface area contributed by atoms with E-state index in [9.17, 15) is 13.8 Å². The van der Waals surface area contributed by atoms with E-state index in [0.29, 0.717) is 18.6 Å². The highest BCUT2D eigenvalue weighted by atomic mass is 32.2. The van der Waals surface area contributed by atoms with Gasteiger partial charge in [-0.15, -0.1) is 6.42 Å². The van der Waals surface area contributed by atoms with Crippen molar-refractivity contribution >= 4 is 22.8 Å². The number of terminal acetylenes is 1. The summed E-state index contributed by atoms with van der Waals surface area (Å²) < 4.78 is 16.4. The summed E-state index contributed by atoms with van der Waals surface area (Å²) in [6.45, 7) is 4.03. The van der Waals surface area contributed by atoms with Gasteiger partial charge in [0.05, 0.1) is 6.04 Å². The van der Waals surface area contributed by atoms with E-state index in [1.54, 1.807) is 6.26 Å². The molecule has 0 saturated heterocycles. The SMILES string of the molecule is C#C[C@H](CCS(C)=O)NC(=O)[C@H](CC(C)C)NC(=O)OCc1ccccc1. The number of alkyl carbamates (subject to hydrolysis) is 1. The molecule has 0 heterocycles. The van der Waals surface area contributed by atoms with Crippen molar-refractivity contribution in [2.24, 2.45) is 5.92 Å². The Morgan fingerprint density at radius 3 is 2.44 bits per heavy atom. The molecule has 148 valence electrons. The monoisotopic (exact) mass is 392 g/mol. The van der Waals surface area contributed by atoms with Crippen LogP contribution in [0, 0.1) is 18.3 Å². The molecule has 0 bridgehead atoms. The third kappa shape index (κ3) is 9.80. The summed E-state index contributed by atoms with van der Waals surface area (Å²) in [6.07, 6.45) is 7.23. The molecule has 0 aliphatic rings. The van der Waals surface area contributed by atoms with Gasteiger partial charge in [0.1, 0.15) is 12.6 Å². The quantitative estimate of drug-likeness (QED) is 0.598. The zero-order chi connectivity index (χ0) is 20.2. The number of carbonyl (C=O) groups excluding carboxylic acids is 2. The van der Waals surface area contributed by atoms with E-state index in [4.69, 9.17) is 11.2 Å². The Bertz CT molecular complexity index is 670. The summed E-state index contributed by atoms with van der Waals surface area (Å²) in [4.78, 5) is 24.6. The molecule has 0 fully saturated rings. The van der Waals surface area contributed by atoms with Crippen molar-refractivity contribution in [1.29, 1.82) is 0 Å². The number of rotatable bonds is 10. The second-order valence-electron chi connectivity index (χ2n) is 6.68. The second-order valence-corrected chi connectivity index (χ2v) is 8.24. The first-order chi connectivity index (χ1) is 12.8. The van der Waals surface area contributed by atoms with Gasteiger partial charge >= 0.3 is 6.09 Å². The third-order valence-corrected chi connectivity index (χ3v) is 4.55. The Balaban J connectivity index is 2.62.